The maximum atomic E-state index is 12.0. The molecule has 5 heteroatoms. The number of likely N-dealkylation sites (tertiary alicyclic amines) is 1. The van der Waals surface area contributed by atoms with Crippen LogP contribution in [0.15, 0.2) is 0 Å². The van der Waals surface area contributed by atoms with E-state index in [-0.39, 0.29) is 11.7 Å². The first kappa shape index (κ1) is 17.2. The van der Waals surface area contributed by atoms with Crippen LogP contribution in [0.25, 0.3) is 0 Å². The van der Waals surface area contributed by atoms with Gasteiger partial charge in [-0.15, -0.1) is 0 Å². The lowest BCUT2D eigenvalue weighted by atomic mass is 10.0. The zero-order chi connectivity index (χ0) is 15.6. The SMILES string of the molecule is CC(C)(O)CCOC1(C)CCN(C(=O)OC(C)(C)C)C1. The Bertz CT molecular complexity index is 343. The molecule has 1 atom stereocenters. The van der Waals surface area contributed by atoms with Gasteiger partial charge in [-0.05, 0) is 54.4 Å². The Hall–Kier alpha value is -0.810. The summed E-state index contributed by atoms with van der Waals surface area (Å²) in [5.41, 5.74) is -1.54. The van der Waals surface area contributed by atoms with Crippen molar-refractivity contribution >= 4 is 6.09 Å². The van der Waals surface area contributed by atoms with Crippen LogP contribution in [0.3, 0.4) is 0 Å². The number of carbonyl (C=O) groups excluding carboxylic acids is 1. The van der Waals surface area contributed by atoms with Crippen LogP contribution in [-0.2, 0) is 9.47 Å². The van der Waals surface area contributed by atoms with Gasteiger partial charge in [0.2, 0.25) is 0 Å². The number of carbonyl (C=O) groups is 1. The molecular formula is C15H29NO4. The fourth-order valence-corrected chi connectivity index (χ4v) is 2.08. The fourth-order valence-electron chi connectivity index (χ4n) is 2.08. The molecule has 20 heavy (non-hydrogen) atoms. The molecule has 0 radical (unpaired) electrons. The van der Waals surface area contributed by atoms with Crippen molar-refractivity contribution in [1.29, 1.82) is 0 Å². The average molecular weight is 287 g/mol. The van der Waals surface area contributed by atoms with Crippen molar-refractivity contribution in [2.24, 2.45) is 0 Å². The zero-order valence-electron chi connectivity index (χ0n) is 13.7. The Kier molecular flexibility index (Phi) is 5.08. The van der Waals surface area contributed by atoms with Crippen molar-refractivity contribution in [3.05, 3.63) is 0 Å². The largest absolute Gasteiger partial charge is 0.444 e. The third-order valence-electron chi connectivity index (χ3n) is 3.25. The Morgan fingerprint density at radius 2 is 1.90 bits per heavy atom. The first-order valence-corrected chi connectivity index (χ1v) is 7.25. The van der Waals surface area contributed by atoms with Crippen LogP contribution in [-0.4, -0.2) is 52.6 Å². The predicted octanol–water partition coefficient (Wildman–Crippen LogP) is 2.56. The second kappa shape index (κ2) is 5.90. The monoisotopic (exact) mass is 287 g/mol. The molecule has 0 spiro atoms. The normalized spacial score (nSPS) is 24.1. The lowest BCUT2D eigenvalue weighted by Gasteiger charge is -2.28. The van der Waals surface area contributed by atoms with Gasteiger partial charge in [-0.25, -0.2) is 4.79 Å². The van der Waals surface area contributed by atoms with Crippen LogP contribution < -0.4 is 0 Å². The molecule has 1 N–H and O–H groups in total. The third-order valence-corrected chi connectivity index (χ3v) is 3.25. The van der Waals surface area contributed by atoms with E-state index in [9.17, 15) is 9.90 Å². The van der Waals surface area contributed by atoms with Gasteiger partial charge in [-0.3, -0.25) is 0 Å². The van der Waals surface area contributed by atoms with Gasteiger partial charge in [-0.2, -0.15) is 0 Å². The molecule has 1 saturated heterocycles. The molecule has 118 valence electrons. The molecule has 0 aliphatic carbocycles. The first-order chi connectivity index (χ1) is 8.90. The van der Waals surface area contributed by atoms with Crippen LogP contribution in [0, 0.1) is 0 Å². The van der Waals surface area contributed by atoms with Gasteiger partial charge in [0.25, 0.3) is 0 Å². The summed E-state index contributed by atoms with van der Waals surface area (Å²) in [7, 11) is 0. The second-order valence-corrected chi connectivity index (χ2v) is 7.51. The highest BCUT2D eigenvalue weighted by molar-refractivity contribution is 5.68. The Balaban J connectivity index is 2.43. The fraction of sp³-hybridized carbons (Fsp3) is 0.933. The summed E-state index contributed by atoms with van der Waals surface area (Å²) in [5.74, 6) is 0. The molecule has 1 aliphatic rings. The second-order valence-electron chi connectivity index (χ2n) is 7.51. The highest BCUT2D eigenvalue weighted by Gasteiger charge is 2.38. The van der Waals surface area contributed by atoms with E-state index in [1.54, 1.807) is 18.7 Å². The minimum atomic E-state index is -0.722. The molecule has 1 aliphatic heterocycles. The van der Waals surface area contributed by atoms with Crippen molar-refractivity contribution in [2.45, 2.75) is 71.2 Å². The van der Waals surface area contributed by atoms with E-state index in [1.165, 1.54) is 0 Å². The quantitative estimate of drug-likeness (QED) is 0.863. The Morgan fingerprint density at radius 1 is 1.30 bits per heavy atom. The Morgan fingerprint density at radius 3 is 2.40 bits per heavy atom. The van der Waals surface area contributed by atoms with Crippen LogP contribution in [0.1, 0.15) is 54.4 Å². The standard InChI is InChI=1S/C15H29NO4/c1-13(2,3)20-12(17)16-9-7-15(6,11-16)19-10-8-14(4,5)18/h18H,7-11H2,1-6H3. The molecule has 1 heterocycles. The van der Waals surface area contributed by atoms with Gasteiger partial charge in [0.1, 0.15) is 5.60 Å². The smallest absolute Gasteiger partial charge is 0.410 e. The predicted molar refractivity (Wildman–Crippen MR) is 77.7 cm³/mol. The van der Waals surface area contributed by atoms with Crippen molar-refractivity contribution < 1.29 is 19.4 Å². The number of nitrogens with zero attached hydrogens (tertiary/aromatic N) is 1. The topological polar surface area (TPSA) is 59.0 Å². The summed E-state index contributed by atoms with van der Waals surface area (Å²) in [6.45, 7) is 12.8. The number of hydrogen-bond acceptors (Lipinski definition) is 4. The van der Waals surface area contributed by atoms with E-state index in [2.05, 4.69) is 0 Å². The van der Waals surface area contributed by atoms with E-state index >= 15 is 0 Å². The highest BCUT2D eigenvalue weighted by Crippen LogP contribution is 2.27. The van der Waals surface area contributed by atoms with E-state index in [0.717, 1.165) is 6.42 Å². The van der Waals surface area contributed by atoms with Crippen LogP contribution in [0.2, 0.25) is 0 Å². The molecular weight excluding hydrogens is 258 g/mol. The summed E-state index contributed by atoms with van der Waals surface area (Å²) >= 11 is 0. The third kappa shape index (κ3) is 6.09. The van der Waals surface area contributed by atoms with E-state index in [4.69, 9.17) is 9.47 Å². The van der Waals surface area contributed by atoms with Gasteiger partial charge >= 0.3 is 6.09 Å². The molecule has 0 aromatic carbocycles. The van der Waals surface area contributed by atoms with Crippen molar-refractivity contribution in [1.82, 2.24) is 4.90 Å². The van der Waals surface area contributed by atoms with E-state index < -0.39 is 11.2 Å². The number of aliphatic hydroxyl groups is 1. The molecule has 1 unspecified atom stereocenters. The number of amides is 1. The van der Waals surface area contributed by atoms with Crippen molar-refractivity contribution in [3.8, 4) is 0 Å². The van der Waals surface area contributed by atoms with Crippen molar-refractivity contribution in [2.75, 3.05) is 19.7 Å². The van der Waals surface area contributed by atoms with E-state index in [1.807, 2.05) is 27.7 Å². The van der Waals surface area contributed by atoms with E-state index in [0.29, 0.717) is 26.1 Å². The van der Waals surface area contributed by atoms with Crippen molar-refractivity contribution in [3.63, 3.8) is 0 Å². The summed E-state index contributed by atoms with van der Waals surface area (Å²) in [6, 6.07) is 0. The summed E-state index contributed by atoms with van der Waals surface area (Å²) in [4.78, 5) is 13.7. The maximum absolute atomic E-state index is 12.0. The van der Waals surface area contributed by atoms with Gasteiger partial charge in [0.15, 0.2) is 0 Å². The Labute approximate surface area is 122 Å². The lowest BCUT2D eigenvalue weighted by Crippen LogP contribution is -2.39. The summed E-state index contributed by atoms with van der Waals surface area (Å²) in [5, 5.41) is 9.68. The molecule has 0 aromatic rings. The summed E-state index contributed by atoms with van der Waals surface area (Å²) in [6.07, 6.45) is 1.08. The number of hydrogen-bond donors (Lipinski definition) is 1. The molecule has 0 saturated carbocycles. The molecule has 1 amide bonds. The van der Waals surface area contributed by atoms with Gasteiger partial charge in [0, 0.05) is 6.54 Å². The van der Waals surface area contributed by atoms with Crippen LogP contribution in [0.5, 0.6) is 0 Å². The first-order valence-electron chi connectivity index (χ1n) is 7.25. The van der Waals surface area contributed by atoms with Crippen LogP contribution in [0.4, 0.5) is 4.79 Å². The molecule has 1 rings (SSSR count). The maximum Gasteiger partial charge on any atom is 0.410 e. The number of rotatable bonds is 4. The summed E-state index contributed by atoms with van der Waals surface area (Å²) < 4.78 is 11.2. The minimum absolute atomic E-state index is 0.285. The number of ether oxygens (including phenoxy) is 2. The molecule has 0 bridgehead atoms. The van der Waals surface area contributed by atoms with Gasteiger partial charge in [0.05, 0.1) is 24.4 Å². The van der Waals surface area contributed by atoms with Gasteiger partial charge < -0.3 is 19.5 Å². The van der Waals surface area contributed by atoms with Crippen LogP contribution >= 0.6 is 0 Å². The molecule has 1 fully saturated rings. The lowest BCUT2D eigenvalue weighted by molar-refractivity contribution is -0.0511. The molecule has 5 nitrogen and oxygen atoms in total. The molecule has 0 aromatic heterocycles. The average Bonchev–Trinajstić information content (AvgIpc) is 2.56. The zero-order valence-corrected chi connectivity index (χ0v) is 13.7. The highest BCUT2D eigenvalue weighted by atomic mass is 16.6. The van der Waals surface area contributed by atoms with Gasteiger partial charge in [-0.1, -0.05) is 0 Å². The minimum Gasteiger partial charge on any atom is -0.444 e.